The van der Waals surface area contributed by atoms with E-state index < -0.39 is 0 Å². The van der Waals surface area contributed by atoms with Gasteiger partial charge in [0.1, 0.15) is 0 Å². The fourth-order valence-electron chi connectivity index (χ4n) is 2.38. The Morgan fingerprint density at radius 2 is 2.14 bits per heavy atom. The zero-order valence-electron chi connectivity index (χ0n) is 13.6. The highest BCUT2D eigenvalue weighted by molar-refractivity contribution is 7.13. The quantitative estimate of drug-likeness (QED) is 0.431. The molecule has 7 heteroatoms. The van der Waals surface area contributed by atoms with Crippen LogP contribution in [0.4, 0.5) is 5.13 Å². The molecule has 1 aliphatic heterocycles. The third-order valence-corrected chi connectivity index (χ3v) is 4.51. The highest BCUT2D eigenvalue weighted by Crippen LogP contribution is 2.24. The van der Waals surface area contributed by atoms with Crippen molar-refractivity contribution in [3.8, 4) is 0 Å². The topological polar surface area (TPSA) is 61.8 Å². The van der Waals surface area contributed by atoms with Gasteiger partial charge in [-0.25, -0.2) is 4.98 Å². The van der Waals surface area contributed by atoms with Gasteiger partial charge in [0.25, 0.3) is 0 Å². The van der Waals surface area contributed by atoms with Crippen LogP contribution in [0, 0.1) is 0 Å². The van der Waals surface area contributed by atoms with Crippen molar-refractivity contribution in [3.05, 3.63) is 11.1 Å². The average Bonchev–Trinajstić information content (AvgIpc) is 3.20. The number of hydrogen-bond donors (Lipinski definition) is 2. The summed E-state index contributed by atoms with van der Waals surface area (Å²) in [5, 5.41) is 9.88. The maximum absolute atomic E-state index is 5.30. The summed E-state index contributed by atoms with van der Waals surface area (Å²) in [4.78, 5) is 11.3. The van der Waals surface area contributed by atoms with Gasteiger partial charge in [0.2, 0.25) is 0 Å². The first-order valence-electron chi connectivity index (χ1n) is 8.05. The molecule has 1 aliphatic rings. The third-order valence-electron chi connectivity index (χ3n) is 3.56. The zero-order valence-corrected chi connectivity index (χ0v) is 14.4. The van der Waals surface area contributed by atoms with E-state index in [1.165, 1.54) is 18.0 Å². The minimum Gasteiger partial charge on any atom is -0.380 e. The molecule has 0 amide bonds. The second kappa shape index (κ2) is 9.63. The monoisotopic (exact) mass is 325 g/mol. The first-order valence-corrected chi connectivity index (χ1v) is 8.93. The van der Waals surface area contributed by atoms with Gasteiger partial charge in [0, 0.05) is 51.6 Å². The molecule has 1 aromatic heterocycles. The van der Waals surface area contributed by atoms with Crippen LogP contribution in [-0.2, 0) is 11.2 Å². The van der Waals surface area contributed by atoms with E-state index in [9.17, 15) is 0 Å². The lowest BCUT2D eigenvalue weighted by atomic mass is 10.3. The van der Waals surface area contributed by atoms with E-state index in [4.69, 9.17) is 9.72 Å². The van der Waals surface area contributed by atoms with Crippen LogP contribution < -0.4 is 15.5 Å². The van der Waals surface area contributed by atoms with Gasteiger partial charge in [-0.1, -0.05) is 0 Å². The number of guanidine groups is 1. The summed E-state index contributed by atoms with van der Waals surface area (Å²) in [6, 6.07) is 0. The fourth-order valence-corrected chi connectivity index (χ4v) is 3.29. The van der Waals surface area contributed by atoms with E-state index in [2.05, 4.69) is 25.9 Å². The molecule has 22 heavy (non-hydrogen) atoms. The predicted octanol–water partition coefficient (Wildman–Crippen LogP) is 1.49. The number of nitrogens with zero attached hydrogens (tertiary/aromatic N) is 3. The fraction of sp³-hybridized carbons (Fsp3) is 0.733. The van der Waals surface area contributed by atoms with Crippen LogP contribution in [0.1, 0.15) is 25.5 Å². The molecule has 2 heterocycles. The van der Waals surface area contributed by atoms with Crippen molar-refractivity contribution >= 4 is 22.4 Å². The van der Waals surface area contributed by atoms with Crippen molar-refractivity contribution in [1.29, 1.82) is 0 Å². The van der Waals surface area contributed by atoms with Gasteiger partial charge in [-0.2, -0.15) is 0 Å². The Balaban J connectivity index is 1.66. The van der Waals surface area contributed by atoms with E-state index in [1.807, 2.05) is 6.92 Å². The molecule has 0 aromatic carbocycles. The van der Waals surface area contributed by atoms with Crippen molar-refractivity contribution in [2.75, 3.05) is 51.3 Å². The molecule has 1 aromatic rings. The first-order chi connectivity index (χ1) is 10.8. The van der Waals surface area contributed by atoms with Crippen LogP contribution in [0.5, 0.6) is 0 Å². The van der Waals surface area contributed by atoms with Crippen molar-refractivity contribution in [2.24, 2.45) is 4.99 Å². The Labute approximate surface area is 137 Å². The maximum Gasteiger partial charge on any atom is 0.191 e. The summed E-state index contributed by atoms with van der Waals surface area (Å²) >= 11 is 1.76. The molecular formula is C15H27N5OS. The van der Waals surface area contributed by atoms with Gasteiger partial charge in [0.15, 0.2) is 11.1 Å². The van der Waals surface area contributed by atoms with E-state index in [-0.39, 0.29) is 0 Å². The minimum absolute atomic E-state index is 0.697. The highest BCUT2D eigenvalue weighted by Gasteiger charge is 2.15. The number of aromatic nitrogens is 1. The van der Waals surface area contributed by atoms with Crippen LogP contribution in [0.3, 0.4) is 0 Å². The molecule has 0 aliphatic carbocycles. The lowest BCUT2D eigenvalue weighted by Crippen LogP contribution is -2.39. The normalized spacial score (nSPS) is 15.4. The maximum atomic E-state index is 5.30. The van der Waals surface area contributed by atoms with Crippen LogP contribution in [0.25, 0.3) is 0 Å². The number of anilines is 1. The number of thiazole rings is 1. The number of hydrogen-bond acceptors (Lipinski definition) is 5. The van der Waals surface area contributed by atoms with E-state index in [0.29, 0.717) is 6.61 Å². The molecule has 124 valence electrons. The highest BCUT2D eigenvalue weighted by atomic mass is 32.1. The number of nitrogens with one attached hydrogen (secondary N) is 2. The predicted molar refractivity (Wildman–Crippen MR) is 93.1 cm³/mol. The standard InChI is InChI=1S/C15H27N5OS/c1-3-21-11-8-18-14(16-2)17-7-6-13-12-22-15(19-13)20-9-4-5-10-20/h12H,3-11H2,1-2H3,(H2,16,17,18). The SMILES string of the molecule is CCOCCNC(=NC)NCCc1csc(N2CCCC2)n1. The van der Waals surface area contributed by atoms with E-state index >= 15 is 0 Å². The van der Waals surface area contributed by atoms with Gasteiger partial charge in [-0.05, 0) is 19.8 Å². The summed E-state index contributed by atoms with van der Waals surface area (Å²) in [5.41, 5.74) is 1.16. The molecule has 0 unspecified atom stereocenters. The Hall–Kier alpha value is -1.34. The third kappa shape index (κ3) is 5.46. The Kier molecular flexibility index (Phi) is 7.45. The molecule has 1 fully saturated rings. The second-order valence-electron chi connectivity index (χ2n) is 5.19. The summed E-state index contributed by atoms with van der Waals surface area (Å²) < 4.78 is 5.30. The lowest BCUT2D eigenvalue weighted by Gasteiger charge is -2.12. The molecule has 2 N–H and O–H groups in total. The van der Waals surface area contributed by atoms with Gasteiger partial charge >= 0.3 is 0 Å². The number of aliphatic imine (C=N–C) groups is 1. The Bertz CT molecular complexity index is 457. The van der Waals surface area contributed by atoms with Crippen molar-refractivity contribution in [3.63, 3.8) is 0 Å². The number of rotatable bonds is 8. The molecule has 1 saturated heterocycles. The summed E-state index contributed by atoms with van der Waals surface area (Å²) in [5.74, 6) is 0.815. The van der Waals surface area contributed by atoms with Crippen LogP contribution in [-0.4, -0.2) is 57.4 Å². The lowest BCUT2D eigenvalue weighted by molar-refractivity contribution is 0.152. The zero-order chi connectivity index (χ0) is 15.6. The first kappa shape index (κ1) is 17.0. The molecule has 0 atom stereocenters. The second-order valence-corrected chi connectivity index (χ2v) is 6.02. The van der Waals surface area contributed by atoms with Crippen LogP contribution in [0.2, 0.25) is 0 Å². The number of ether oxygens (including phenoxy) is 1. The average molecular weight is 325 g/mol. The largest absolute Gasteiger partial charge is 0.380 e. The van der Waals surface area contributed by atoms with E-state index in [0.717, 1.165) is 50.9 Å². The molecular weight excluding hydrogens is 298 g/mol. The van der Waals surface area contributed by atoms with Crippen molar-refractivity contribution < 1.29 is 4.74 Å². The molecule has 0 bridgehead atoms. The molecule has 0 spiro atoms. The summed E-state index contributed by atoms with van der Waals surface area (Å²) in [6.45, 7) is 7.35. The summed E-state index contributed by atoms with van der Waals surface area (Å²) in [7, 11) is 1.78. The Morgan fingerprint density at radius 1 is 1.36 bits per heavy atom. The minimum atomic E-state index is 0.697. The van der Waals surface area contributed by atoms with Crippen LogP contribution >= 0.6 is 11.3 Å². The van der Waals surface area contributed by atoms with Gasteiger partial charge in [-0.3, -0.25) is 4.99 Å². The molecule has 0 radical (unpaired) electrons. The van der Waals surface area contributed by atoms with Gasteiger partial charge in [0.05, 0.1) is 12.3 Å². The molecule has 6 nitrogen and oxygen atoms in total. The van der Waals surface area contributed by atoms with Crippen LogP contribution in [0.15, 0.2) is 10.4 Å². The molecule has 0 saturated carbocycles. The van der Waals surface area contributed by atoms with Gasteiger partial charge in [-0.15, -0.1) is 11.3 Å². The Morgan fingerprint density at radius 3 is 2.86 bits per heavy atom. The van der Waals surface area contributed by atoms with Crippen molar-refractivity contribution in [1.82, 2.24) is 15.6 Å². The molecule has 2 rings (SSSR count). The summed E-state index contributed by atoms with van der Waals surface area (Å²) in [6.07, 6.45) is 3.50. The van der Waals surface area contributed by atoms with Crippen molar-refractivity contribution in [2.45, 2.75) is 26.2 Å². The van der Waals surface area contributed by atoms with Gasteiger partial charge < -0.3 is 20.3 Å². The smallest absolute Gasteiger partial charge is 0.191 e. The van der Waals surface area contributed by atoms with E-state index in [1.54, 1.807) is 18.4 Å².